The molecule has 2 aliphatic heterocycles. The lowest BCUT2D eigenvalue weighted by Gasteiger charge is -2.33. The number of fused-ring (bicyclic) bond motifs is 2. The van der Waals surface area contributed by atoms with Gasteiger partial charge in [0, 0.05) is 11.3 Å². The van der Waals surface area contributed by atoms with Gasteiger partial charge in [0.2, 0.25) is 10.8 Å². The first-order valence-electron chi connectivity index (χ1n) is 9.81. The number of rotatable bonds is 3. The third-order valence-corrected chi connectivity index (χ3v) is 7.12. The lowest BCUT2D eigenvalue weighted by molar-refractivity contribution is -0.123. The van der Waals surface area contributed by atoms with Crippen LogP contribution in [-0.2, 0) is 21.0 Å². The smallest absolute Gasteiger partial charge is 0.269 e. The average molecular weight is 436 g/mol. The molecule has 3 aromatic rings. The Balaban J connectivity index is 1.63. The molecule has 2 aliphatic rings. The van der Waals surface area contributed by atoms with Crippen molar-refractivity contribution in [3.05, 3.63) is 95.1 Å². The number of anilines is 2. The summed E-state index contributed by atoms with van der Waals surface area (Å²) in [4.78, 5) is 28.6. The first kappa shape index (κ1) is 19.8. The van der Waals surface area contributed by atoms with E-state index < -0.39 is 10.7 Å². The molecule has 1 saturated heterocycles. The molecule has 2 heterocycles. The van der Waals surface area contributed by atoms with Gasteiger partial charge in [0.05, 0.1) is 18.0 Å². The van der Waals surface area contributed by atoms with Gasteiger partial charge in [-0.15, -0.1) is 11.8 Å². The molecule has 1 unspecified atom stereocenters. The summed E-state index contributed by atoms with van der Waals surface area (Å²) in [5.74, 6) is -1.19. The Morgan fingerprint density at radius 1 is 1.00 bits per heavy atom. The second-order valence-electron chi connectivity index (χ2n) is 7.63. The van der Waals surface area contributed by atoms with Gasteiger partial charge in [0.25, 0.3) is 5.91 Å². The van der Waals surface area contributed by atoms with E-state index in [4.69, 9.17) is 0 Å². The number of halogens is 2. The SMILES string of the molecule is Cc1ccc(N2C(=O)CSC23C(=O)N(Cc2ccc(F)cc2)c2ccccc23)cc1F. The molecule has 0 bridgehead atoms. The lowest BCUT2D eigenvalue weighted by atomic mass is 10.0. The first-order valence-corrected chi connectivity index (χ1v) is 10.8. The van der Waals surface area contributed by atoms with Crippen LogP contribution in [0.1, 0.15) is 16.7 Å². The second kappa shape index (κ2) is 7.20. The monoisotopic (exact) mass is 436 g/mol. The van der Waals surface area contributed by atoms with Crippen molar-refractivity contribution < 1.29 is 18.4 Å². The third-order valence-electron chi connectivity index (χ3n) is 5.73. The third kappa shape index (κ3) is 2.95. The number of hydrogen-bond acceptors (Lipinski definition) is 3. The van der Waals surface area contributed by atoms with Crippen LogP contribution in [0.2, 0.25) is 0 Å². The van der Waals surface area contributed by atoms with Crippen LogP contribution in [0.4, 0.5) is 20.2 Å². The zero-order valence-electron chi connectivity index (χ0n) is 16.6. The molecule has 1 spiro atoms. The van der Waals surface area contributed by atoms with Crippen molar-refractivity contribution in [2.45, 2.75) is 18.3 Å². The molecule has 2 amide bonds. The zero-order valence-corrected chi connectivity index (χ0v) is 17.5. The quantitative estimate of drug-likeness (QED) is 0.595. The Morgan fingerprint density at radius 2 is 1.74 bits per heavy atom. The number of thioether (sulfide) groups is 1. The molecule has 0 N–H and O–H groups in total. The van der Waals surface area contributed by atoms with E-state index in [0.717, 1.165) is 5.56 Å². The van der Waals surface area contributed by atoms with Crippen LogP contribution in [0, 0.1) is 18.6 Å². The minimum Gasteiger partial charge on any atom is -0.304 e. The van der Waals surface area contributed by atoms with E-state index in [1.54, 1.807) is 36.1 Å². The molecular formula is C24H18F2N2O2S. The fraction of sp³-hybridized carbons (Fsp3) is 0.167. The van der Waals surface area contributed by atoms with Crippen molar-refractivity contribution in [1.29, 1.82) is 0 Å². The van der Waals surface area contributed by atoms with Crippen molar-refractivity contribution in [3.63, 3.8) is 0 Å². The summed E-state index contributed by atoms with van der Waals surface area (Å²) < 4.78 is 27.7. The van der Waals surface area contributed by atoms with Crippen molar-refractivity contribution in [2.75, 3.05) is 15.6 Å². The van der Waals surface area contributed by atoms with E-state index >= 15 is 0 Å². The molecular weight excluding hydrogens is 418 g/mol. The summed E-state index contributed by atoms with van der Waals surface area (Å²) in [7, 11) is 0. The molecule has 0 radical (unpaired) electrons. The van der Waals surface area contributed by atoms with E-state index in [2.05, 4.69) is 0 Å². The molecule has 0 saturated carbocycles. The summed E-state index contributed by atoms with van der Waals surface area (Å²) in [6.07, 6.45) is 0. The minimum atomic E-state index is -1.30. The zero-order chi connectivity index (χ0) is 21.8. The molecule has 0 aromatic heterocycles. The molecule has 1 atom stereocenters. The van der Waals surface area contributed by atoms with Gasteiger partial charge in [-0.05, 0) is 48.4 Å². The van der Waals surface area contributed by atoms with Crippen molar-refractivity contribution in [2.24, 2.45) is 0 Å². The van der Waals surface area contributed by atoms with Crippen molar-refractivity contribution in [1.82, 2.24) is 0 Å². The predicted octanol–water partition coefficient (Wildman–Crippen LogP) is 4.75. The van der Waals surface area contributed by atoms with Gasteiger partial charge < -0.3 is 4.90 Å². The first-order chi connectivity index (χ1) is 14.9. The van der Waals surface area contributed by atoms with Crippen LogP contribution in [0.5, 0.6) is 0 Å². The van der Waals surface area contributed by atoms with Crippen LogP contribution < -0.4 is 9.80 Å². The molecule has 0 aliphatic carbocycles. The maximum Gasteiger partial charge on any atom is 0.269 e. The highest BCUT2D eigenvalue weighted by Crippen LogP contribution is 2.56. The maximum absolute atomic E-state index is 14.4. The molecule has 3 aromatic carbocycles. The van der Waals surface area contributed by atoms with E-state index in [-0.39, 0.29) is 29.9 Å². The molecule has 7 heteroatoms. The Morgan fingerprint density at radius 3 is 2.48 bits per heavy atom. The van der Waals surface area contributed by atoms with Gasteiger partial charge in [-0.1, -0.05) is 36.4 Å². The largest absolute Gasteiger partial charge is 0.304 e. The van der Waals surface area contributed by atoms with Gasteiger partial charge in [-0.25, -0.2) is 8.78 Å². The van der Waals surface area contributed by atoms with E-state index in [1.165, 1.54) is 34.9 Å². The minimum absolute atomic E-state index is 0.111. The molecule has 5 rings (SSSR count). The fourth-order valence-electron chi connectivity index (χ4n) is 4.21. The van der Waals surface area contributed by atoms with Crippen LogP contribution in [0.25, 0.3) is 0 Å². The normalized spacial score (nSPS) is 20.1. The van der Waals surface area contributed by atoms with Crippen molar-refractivity contribution in [3.8, 4) is 0 Å². The Labute approximate surface area is 182 Å². The molecule has 4 nitrogen and oxygen atoms in total. The summed E-state index contributed by atoms with van der Waals surface area (Å²) in [6.45, 7) is 1.89. The number of carbonyl (C=O) groups excluding carboxylic acids is 2. The van der Waals surface area contributed by atoms with Gasteiger partial charge >= 0.3 is 0 Å². The fourth-order valence-corrected chi connectivity index (χ4v) is 5.57. The summed E-state index contributed by atoms with van der Waals surface area (Å²) in [5.41, 5.74) is 2.97. The highest BCUT2D eigenvalue weighted by molar-refractivity contribution is 8.02. The average Bonchev–Trinajstić information content (AvgIpc) is 3.23. The Kier molecular flexibility index (Phi) is 4.59. The van der Waals surface area contributed by atoms with Crippen LogP contribution >= 0.6 is 11.8 Å². The number of carbonyl (C=O) groups is 2. The van der Waals surface area contributed by atoms with Gasteiger partial charge in [0.15, 0.2) is 0 Å². The number of para-hydroxylation sites is 1. The molecule has 156 valence electrons. The molecule has 1 fully saturated rings. The predicted molar refractivity (Wildman–Crippen MR) is 117 cm³/mol. The second-order valence-corrected chi connectivity index (χ2v) is 8.80. The van der Waals surface area contributed by atoms with Crippen LogP contribution in [0.15, 0.2) is 66.7 Å². The number of amides is 2. The van der Waals surface area contributed by atoms with Gasteiger partial charge in [-0.2, -0.15) is 0 Å². The Hall–Kier alpha value is -3.19. The summed E-state index contributed by atoms with van der Waals surface area (Å²) in [5, 5.41) is 0. The number of benzene rings is 3. The number of aryl methyl sites for hydroxylation is 1. The van der Waals surface area contributed by atoms with E-state index in [9.17, 15) is 18.4 Å². The topological polar surface area (TPSA) is 40.6 Å². The van der Waals surface area contributed by atoms with E-state index in [1.807, 2.05) is 24.3 Å². The number of hydrogen-bond donors (Lipinski definition) is 0. The highest BCUT2D eigenvalue weighted by Gasteiger charge is 2.60. The standard InChI is InChI=1S/C24H18F2N2O2S/c1-15-6-11-18(12-20(15)26)28-22(29)14-31-24(28)19-4-2-3-5-21(19)27(23(24)30)13-16-7-9-17(25)10-8-16/h2-12H,13-14H2,1H3. The molecule has 31 heavy (non-hydrogen) atoms. The van der Waals surface area contributed by atoms with Gasteiger partial charge in [0.1, 0.15) is 11.6 Å². The maximum atomic E-state index is 14.4. The Bertz CT molecular complexity index is 1210. The highest BCUT2D eigenvalue weighted by atomic mass is 32.2. The van der Waals surface area contributed by atoms with Crippen LogP contribution in [0.3, 0.4) is 0 Å². The van der Waals surface area contributed by atoms with Crippen molar-refractivity contribution >= 4 is 35.0 Å². The van der Waals surface area contributed by atoms with Crippen LogP contribution in [-0.4, -0.2) is 17.6 Å². The number of nitrogens with zero attached hydrogens (tertiary/aromatic N) is 2. The summed E-state index contributed by atoms with van der Waals surface area (Å²) >= 11 is 1.24. The van der Waals surface area contributed by atoms with E-state index in [0.29, 0.717) is 22.5 Å². The van der Waals surface area contributed by atoms with Gasteiger partial charge in [-0.3, -0.25) is 14.5 Å². The lowest BCUT2D eigenvalue weighted by Crippen LogP contribution is -2.49. The summed E-state index contributed by atoms with van der Waals surface area (Å²) in [6, 6.07) is 17.9.